The monoisotopic (exact) mass is 336 g/mol. The van der Waals surface area contributed by atoms with Crippen molar-refractivity contribution >= 4 is 5.91 Å². The fourth-order valence-electron chi connectivity index (χ4n) is 3.16. The maximum atomic E-state index is 12.3. The Morgan fingerprint density at radius 2 is 2.16 bits per heavy atom. The summed E-state index contributed by atoms with van der Waals surface area (Å²) < 4.78 is 0. The molecule has 2 aromatic rings. The molecule has 25 heavy (non-hydrogen) atoms. The summed E-state index contributed by atoms with van der Waals surface area (Å²) in [6.45, 7) is 1.41. The molecule has 3 rings (SSSR count). The van der Waals surface area contributed by atoms with Gasteiger partial charge in [-0.2, -0.15) is 5.26 Å². The van der Waals surface area contributed by atoms with Crippen LogP contribution in [0, 0.1) is 11.3 Å². The van der Waals surface area contributed by atoms with E-state index in [1.54, 1.807) is 36.7 Å². The molecular formula is C19H20N4O2. The van der Waals surface area contributed by atoms with Gasteiger partial charge in [0.2, 0.25) is 0 Å². The van der Waals surface area contributed by atoms with E-state index in [4.69, 9.17) is 5.26 Å². The molecule has 2 N–H and O–H groups in total. The van der Waals surface area contributed by atoms with Crippen molar-refractivity contribution in [1.29, 1.82) is 5.26 Å². The highest BCUT2D eigenvalue weighted by atomic mass is 16.3. The minimum atomic E-state index is -0.144. The molecule has 2 heterocycles. The number of aliphatic hydroxyl groups is 1. The quantitative estimate of drug-likeness (QED) is 0.859. The zero-order valence-corrected chi connectivity index (χ0v) is 13.8. The van der Waals surface area contributed by atoms with Crippen molar-refractivity contribution in [2.24, 2.45) is 0 Å². The molecule has 1 saturated heterocycles. The van der Waals surface area contributed by atoms with Crippen molar-refractivity contribution < 1.29 is 9.90 Å². The average molecular weight is 336 g/mol. The number of nitrogens with zero attached hydrogens (tertiary/aromatic N) is 3. The van der Waals surface area contributed by atoms with Crippen LogP contribution in [0.1, 0.15) is 27.9 Å². The molecular weight excluding hydrogens is 316 g/mol. The lowest BCUT2D eigenvalue weighted by Gasteiger charge is -2.22. The molecule has 0 radical (unpaired) electrons. The minimum Gasteiger partial charge on any atom is -0.395 e. The van der Waals surface area contributed by atoms with E-state index in [1.807, 2.05) is 12.1 Å². The van der Waals surface area contributed by atoms with Gasteiger partial charge in [-0.15, -0.1) is 0 Å². The Balaban J connectivity index is 1.62. The van der Waals surface area contributed by atoms with Gasteiger partial charge in [0.25, 0.3) is 5.91 Å². The first-order chi connectivity index (χ1) is 12.2. The van der Waals surface area contributed by atoms with Crippen LogP contribution in [0.2, 0.25) is 0 Å². The zero-order chi connectivity index (χ0) is 17.6. The summed E-state index contributed by atoms with van der Waals surface area (Å²) in [4.78, 5) is 18.4. The molecule has 0 bridgehead atoms. The molecule has 0 saturated carbocycles. The van der Waals surface area contributed by atoms with E-state index in [0.717, 1.165) is 5.56 Å². The fourth-order valence-corrected chi connectivity index (χ4v) is 3.16. The van der Waals surface area contributed by atoms with Crippen LogP contribution in [0.25, 0.3) is 0 Å². The van der Waals surface area contributed by atoms with Crippen molar-refractivity contribution in [3.63, 3.8) is 0 Å². The fraction of sp³-hybridized carbons (Fsp3) is 0.316. The molecule has 1 aliphatic heterocycles. The number of nitrogens with one attached hydrogen (secondary N) is 1. The molecule has 128 valence electrons. The third kappa shape index (κ3) is 4.21. The Hall–Kier alpha value is -2.75. The number of rotatable bonds is 5. The van der Waals surface area contributed by atoms with Gasteiger partial charge >= 0.3 is 0 Å². The van der Waals surface area contributed by atoms with E-state index in [-0.39, 0.29) is 24.6 Å². The lowest BCUT2D eigenvalue weighted by atomic mass is 10.1. The van der Waals surface area contributed by atoms with Gasteiger partial charge < -0.3 is 10.4 Å². The summed E-state index contributed by atoms with van der Waals surface area (Å²) in [7, 11) is 0. The molecule has 2 atom stereocenters. The minimum absolute atomic E-state index is 0.00911. The van der Waals surface area contributed by atoms with Gasteiger partial charge in [0.15, 0.2) is 0 Å². The van der Waals surface area contributed by atoms with Gasteiger partial charge in [0, 0.05) is 37.6 Å². The van der Waals surface area contributed by atoms with Crippen LogP contribution in [-0.4, -0.2) is 46.1 Å². The molecule has 0 spiro atoms. The largest absolute Gasteiger partial charge is 0.395 e. The summed E-state index contributed by atoms with van der Waals surface area (Å²) in [6, 6.07) is 13.0. The number of likely N-dealkylation sites (tertiary alicyclic amines) is 1. The standard InChI is InChI=1S/C19H20N4O2/c20-9-14-3-5-15(6-4-14)11-23-12-17(8-18(23)13-24)22-19(25)16-2-1-7-21-10-16/h1-7,10,17-18,24H,8,11-13H2,(H,22,25)/t17-,18-/m0/s1. The van der Waals surface area contributed by atoms with E-state index < -0.39 is 0 Å². The Labute approximate surface area is 146 Å². The van der Waals surface area contributed by atoms with Crippen molar-refractivity contribution in [2.45, 2.75) is 25.0 Å². The Bertz CT molecular complexity index is 755. The van der Waals surface area contributed by atoms with E-state index >= 15 is 0 Å². The van der Waals surface area contributed by atoms with Crippen LogP contribution in [0.15, 0.2) is 48.8 Å². The SMILES string of the molecule is N#Cc1ccc(CN2C[C@@H](NC(=O)c3cccnc3)C[C@H]2CO)cc1. The molecule has 6 nitrogen and oxygen atoms in total. The summed E-state index contributed by atoms with van der Waals surface area (Å²) >= 11 is 0. The van der Waals surface area contributed by atoms with Gasteiger partial charge in [-0.25, -0.2) is 0 Å². The number of benzene rings is 1. The molecule has 1 amide bonds. The van der Waals surface area contributed by atoms with Gasteiger partial charge in [0.1, 0.15) is 0 Å². The van der Waals surface area contributed by atoms with Crippen LogP contribution in [0.5, 0.6) is 0 Å². The highest BCUT2D eigenvalue weighted by molar-refractivity contribution is 5.94. The lowest BCUT2D eigenvalue weighted by Crippen LogP contribution is -2.37. The second-order valence-electron chi connectivity index (χ2n) is 6.22. The third-order valence-corrected chi connectivity index (χ3v) is 4.47. The predicted octanol–water partition coefficient (Wildman–Crippen LogP) is 1.32. The van der Waals surface area contributed by atoms with E-state index in [2.05, 4.69) is 21.3 Å². The van der Waals surface area contributed by atoms with E-state index in [9.17, 15) is 9.90 Å². The number of pyridine rings is 1. The van der Waals surface area contributed by atoms with Gasteiger partial charge in [-0.3, -0.25) is 14.7 Å². The smallest absolute Gasteiger partial charge is 0.253 e. The zero-order valence-electron chi connectivity index (χ0n) is 13.8. The molecule has 1 aromatic carbocycles. The predicted molar refractivity (Wildman–Crippen MR) is 92.5 cm³/mol. The first kappa shape index (κ1) is 17.1. The van der Waals surface area contributed by atoms with Crippen molar-refractivity contribution in [1.82, 2.24) is 15.2 Å². The molecule has 1 fully saturated rings. The van der Waals surface area contributed by atoms with E-state index in [1.165, 1.54) is 0 Å². The first-order valence-electron chi connectivity index (χ1n) is 8.24. The van der Waals surface area contributed by atoms with E-state index in [0.29, 0.717) is 30.6 Å². The van der Waals surface area contributed by atoms with Crippen molar-refractivity contribution in [2.75, 3.05) is 13.2 Å². The molecule has 1 aromatic heterocycles. The maximum Gasteiger partial charge on any atom is 0.253 e. The highest BCUT2D eigenvalue weighted by Gasteiger charge is 2.32. The topological polar surface area (TPSA) is 89.3 Å². The van der Waals surface area contributed by atoms with Crippen molar-refractivity contribution in [3.8, 4) is 6.07 Å². The summed E-state index contributed by atoms with van der Waals surface area (Å²) in [5, 5.41) is 21.5. The van der Waals surface area contributed by atoms with Crippen LogP contribution < -0.4 is 5.32 Å². The number of nitriles is 1. The number of aromatic nitrogens is 1. The number of hydrogen-bond acceptors (Lipinski definition) is 5. The van der Waals surface area contributed by atoms with Crippen LogP contribution in [-0.2, 0) is 6.54 Å². The highest BCUT2D eigenvalue weighted by Crippen LogP contribution is 2.21. The molecule has 6 heteroatoms. The Morgan fingerprint density at radius 3 is 2.80 bits per heavy atom. The normalized spacial score (nSPS) is 20.2. The average Bonchev–Trinajstić information content (AvgIpc) is 3.04. The summed E-state index contributed by atoms with van der Waals surface area (Å²) in [5.74, 6) is -0.144. The lowest BCUT2D eigenvalue weighted by molar-refractivity contribution is 0.0937. The van der Waals surface area contributed by atoms with Gasteiger partial charge in [0.05, 0.1) is 23.8 Å². The number of hydrogen-bond donors (Lipinski definition) is 2. The number of carbonyl (C=O) groups excluding carboxylic acids is 1. The Morgan fingerprint density at radius 1 is 1.36 bits per heavy atom. The van der Waals surface area contributed by atoms with Gasteiger partial charge in [-0.1, -0.05) is 12.1 Å². The van der Waals surface area contributed by atoms with Gasteiger partial charge in [-0.05, 0) is 36.2 Å². The van der Waals surface area contributed by atoms with Crippen LogP contribution >= 0.6 is 0 Å². The van der Waals surface area contributed by atoms with Crippen molar-refractivity contribution in [3.05, 3.63) is 65.5 Å². The number of amides is 1. The maximum absolute atomic E-state index is 12.3. The van der Waals surface area contributed by atoms with Crippen LogP contribution in [0.3, 0.4) is 0 Å². The first-order valence-corrected chi connectivity index (χ1v) is 8.24. The second kappa shape index (κ2) is 7.88. The number of carbonyl (C=O) groups is 1. The second-order valence-corrected chi connectivity index (χ2v) is 6.22. The molecule has 0 aliphatic carbocycles. The number of aliphatic hydroxyl groups excluding tert-OH is 1. The molecule has 0 unspecified atom stereocenters. The summed E-state index contributed by atoms with van der Waals surface area (Å²) in [5.41, 5.74) is 2.25. The van der Waals surface area contributed by atoms with Crippen LogP contribution in [0.4, 0.5) is 0 Å². The Kier molecular flexibility index (Phi) is 5.39. The molecule has 1 aliphatic rings. The third-order valence-electron chi connectivity index (χ3n) is 4.47. The summed E-state index contributed by atoms with van der Waals surface area (Å²) in [6.07, 6.45) is 3.88.